The van der Waals surface area contributed by atoms with Gasteiger partial charge in [-0.15, -0.1) is 0 Å². The Morgan fingerprint density at radius 1 is 1.08 bits per heavy atom. The van der Waals surface area contributed by atoms with Crippen molar-refractivity contribution in [2.45, 2.75) is 45.1 Å². The molecule has 0 bridgehead atoms. The standard InChI is InChI=1S/C21H23NO4/c1-2-3-14-18-20(23)26-19(17-12-8-5-9-13-17)22(18)21(24)25-15-16-10-6-4-7-11-16/h4-13,18-19H,2-3,14-15H2,1H3/t18-,19-/m1/s1. The Hall–Kier alpha value is -2.82. The topological polar surface area (TPSA) is 55.8 Å². The molecule has 3 rings (SSSR count). The molecule has 0 aromatic heterocycles. The molecule has 0 N–H and O–H groups in total. The molecule has 2 aromatic rings. The van der Waals surface area contributed by atoms with Crippen LogP contribution < -0.4 is 0 Å². The van der Waals surface area contributed by atoms with Gasteiger partial charge in [0.05, 0.1) is 0 Å². The fraction of sp³-hybridized carbons (Fsp3) is 0.333. The Morgan fingerprint density at radius 2 is 1.73 bits per heavy atom. The van der Waals surface area contributed by atoms with Crippen LogP contribution >= 0.6 is 0 Å². The van der Waals surface area contributed by atoms with Gasteiger partial charge < -0.3 is 9.47 Å². The number of nitrogens with zero attached hydrogens (tertiary/aromatic N) is 1. The van der Waals surface area contributed by atoms with Gasteiger partial charge in [0.1, 0.15) is 12.6 Å². The van der Waals surface area contributed by atoms with E-state index in [-0.39, 0.29) is 12.6 Å². The normalized spacial score (nSPS) is 19.3. The molecule has 0 aliphatic carbocycles. The Kier molecular flexibility index (Phi) is 5.89. The predicted molar refractivity (Wildman–Crippen MR) is 97.1 cm³/mol. The molecule has 26 heavy (non-hydrogen) atoms. The Bertz CT molecular complexity index is 732. The smallest absolute Gasteiger partial charge is 0.414 e. The van der Waals surface area contributed by atoms with Crippen molar-refractivity contribution in [3.8, 4) is 0 Å². The van der Waals surface area contributed by atoms with Gasteiger partial charge in [0.2, 0.25) is 6.23 Å². The second-order valence-corrected chi connectivity index (χ2v) is 6.31. The van der Waals surface area contributed by atoms with Crippen LogP contribution in [0.4, 0.5) is 4.79 Å². The molecule has 0 unspecified atom stereocenters. The van der Waals surface area contributed by atoms with Crippen LogP contribution in [0.25, 0.3) is 0 Å². The summed E-state index contributed by atoms with van der Waals surface area (Å²) in [7, 11) is 0. The average Bonchev–Trinajstić information content (AvgIpc) is 3.02. The molecule has 5 heteroatoms. The monoisotopic (exact) mass is 353 g/mol. The first kappa shape index (κ1) is 18.0. The van der Waals surface area contributed by atoms with Gasteiger partial charge in [0.25, 0.3) is 0 Å². The van der Waals surface area contributed by atoms with Crippen molar-refractivity contribution in [1.82, 2.24) is 4.90 Å². The first-order valence-corrected chi connectivity index (χ1v) is 8.95. The van der Waals surface area contributed by atoms with Crippen LogP contribution in [0.2, 0.25) is 0 Å². The minimum absolute atomic E-state index is 0.159. The van der Waals surface area contributed by atoms with E-state index in [1.54, 1.807) is 0 Å². The first-order valence-electron chi connectivity index (χ1n) is 8.95. The number of hydrogen-bond donors (Lipinski definition) is 0. The van der Waals surface area contributed by atoms with Crippen LogP contribution in [-0.2, 0) is 20.9 Å². The van der Waals surface area contributed by atoms with Gasteiger partial charge in [-0.2, -0.15) is 0 Å². The number of cyclic esters (lactones) is 1. The molecule has 1 amide bonds. The molecule has 0 spiro atoms. The first-order chi connectivity index (χ1) is 12.7. The molecule has 0 radical (unpaired) electrons. The van der Waals surface area contributed by atoms with E-state index >= 15 is 0 Å². The molecule has 136 valence electrons. The number of amides is 1. The summed E-state index contributed by atoms with van der Waals surface area (Å²) < 4.78 is 11.0. The van der Waals surface area contributed by atoms with Gasteiger partial charge in [0, 0.05) is 5.56 Å². The van der Waals surface area contributed by atoms with Gasteiger partial charge in [-0.05, 0) is 12.0 Å². The maximum atomic E-state index is 12.8. The third kappa shape index (κ3) is 4.04. The fourth-order valence-electron chi connectivity index (χ4n) is 3.04. The third-order valence-electron chi connectivity index (χ3n) is 4.42. The number of ether oxygens (including phenoxy) is 2. The predicted octanol–water partition coefficient (Wildman–Crippen LogP) is 4.44. The zero-order chi connectivity index (χ0) is 18.4. The molecule has 1 aliphatic heterocycles. The van der Waals surface area contributed by atoms with Crippen molar-refractivity contribution in [3.05, 3.63) is 71.8 Å². The lowest BCUT2D eigenvalue weighted by Crippen LogP contribution is -2.39. The lowest BCUT2D eigenvalue weighted by molar-refractivity contribution is -0.143. The quantitative estimate of drug-likeness (QED) is 0.721. The number of unbranched alkanes of at least 4 members (excludes halogenated alkanes) is 1. The van der Waals surface area contributed by atoms with Crippen molar-refractivity contribution in [3.63, 3.8) is 0 Å². The minimum Gasteiger partial charge on any atom is -0.444 e. The van der Waals surface area contributed by atoms with Crippen molar-refractivity contribution >= 4 is 12.1 Å². The van der Waals surface area contributed by atoms with Crippen molar-refractivity contribution in [1.29, 1.82) is 0 Å². The molecular weight excluding hydrogens is 330 g/mol. The molecule has 2 atom stereocenters. The zero-order valence-corrected chi connectivity index (χ0v) is 14.8. The van der Waals surface area contributed by atoms with Crippen molar-refractivity contribution in [2.24, 2.45) is 0 Å². The van der Waals surface area contributed by atoms with E-state index < -0.39 is 18.4 Å². The lowest BCUT2D eigenvalue weighted by Gasteiger charge is -2.25. The molecule has 1 heterocycles. The third-order valence-corrected chi connectivity index (χ3v) is 4.42. The largest absolute Gasteiger partial charge is 0.444 e. The summed E-state index contributed by atoms with van der Waals surface area (Å²) in [6.07, 6.45) is 1.07. The highest BCUT2D eigenvalue weighted by Crippen LogP contribution is 2.34. The second kappa shape index (κ2) is 8.52. The fourth-order valence-corrected chi connectivity index (χ4v) is 3.04. The maximum absolute atomic E-state index is 12.8. The van der Waals surface area contributed by atoms with Crippen molar-refractivity contribution in [2.75, 3.05) is 0 Å². The summed E-state index contributed by atoms with van der Waals surface area (Å²) in [6.45, 7) is 2.21. The van der Waals surface area contributed by atoms with E-state index in [1.165, 1.54) is 4.90 Å². The summed E-state index contributed by atoms with van der Waals surface area (Å²) >= 11 is 0. The summed E-state index contributed by atoms with van der Waals surface area (Å²) in [5, 5.41) is 0. The Balaban J connectivity index is 1.78. The van der Waals surface area contributed by atoms with Crippen LogP contribution in [0.15, 0.2) is 60.7 Å². The average molecular weight is 353 g/mol. The van der Waals surface area contributed by atoms with Crippen LogP contribution in [-0.4, -0.2) is 23.0 Å². The Morgan fingerprint density at radius 3 is 2.38 bits per heavy atom. The number of carbonyl (C=O) groups excluding carboxylic acids is 2. The van der Waals surface area contributed by atoms with Gasteiger partial charge in [0.15, 0.2) is 0 Å². The highest BCUT2D eigenvalue weighted by atomic mass is 16.6. The molecule has 2 aromatic carbocycles. The van der Waals surface area contributed by atoms with Gasteiger partial charge in [-0.25, -0.2) is 9.59 Å². The SMILES string of the molecule is CCCC[C@@H]1C(=O)O[C@H](c2ccccc2)N1C(=O)OCc1ccccc1. The number of benzene rings is 2. The molecular formula is C21H23NO4. The van der Waals surface area contributed by atoms with E-state index in [1.807, 2.05) is 67.6 Å². The summed E-state index contributed by atoms with van der Waals surface area (Å²) in [5.41, 5.74) is 1.66. The highest BCUT2D eigenvalue weighted by molar-refractivity contribution is 5.84. The van der Waals surface area contributed by atoms with E-state index in [0.29, 0.717) is 6.42 Å². The number of hydrogen-bond acceptors (Lipinski definition) is 4. The number of carbonyl (C=O) groups is 2. The maximum Gasteiger partial charge on any atom is 0.414 e. The van der Waals surface area contributed by atoms with Crippen LogP contribution in [0, 0.1) is 0 Å². The van der Waals surface area contributed by atoms with Crippen molar-refractivity contribution < 1.29 is 19.1 Å². The lowest BCUT2D eigenvalue weighted by atomic mass is 10.1. The number of esters is 1. The van der Waals surface area contributed by atoms with E-state index in [2.05, 4.69) is 0 Å². The van der Waals surface area contributed by atoms with E-state index in [4.69, 9.17) is 9.47 Å². The summed E-state index contributed by atoms with van der Waals surface area (Å²) in [4.78, 5) is 26.6. The molecule has 1 fully saturated rings. The highest BCUT2D eigenvalue weighted by Gasteiger charge is 2.46. The zero-order valence-electron chi connectivity index (χ0n) is 14.8. The van der Waals surface area contributed by atoms with Crippen LogP contribution in [0.1, 0.15) is 43.5 Å². The van der Waals surface area contributed by atoms with Crippen LogP contribution in [0.3, 0.4) is 0 Å². The minimum atomic E-state index is -0.742. The molecule has 1 aliphatic rings. The van der Waals surface area contributed by atoms with Gasteiger partial charge in [-0.3, -0.25) is 4.90 Å². The van der Waals surface area contributed by atoms with E-state index in [0.717, 1.165) is 24.0 Å². The molecule has 5 nitrogen and oxygen atoms in total. The summed E-state index contributed by atoms with van der Waals surface area (Å²) in [6, 6.07) is 18.1. The van der Waals surface area contributed by atoms with Gasteiger partial charge in [-0.1, -0.05) is 80.4 Å². The van der Waals surface area contributed by atoms with Crippen LogP contribution in [0.5, 0.6) is 0 Å². The number of rotatable bonds is 6. The molecule has 1 saturated heterocycles. The van der Waals surface area contributed by atoms with E-state index in [9.17, 15) is 9.59 Å². The Labute approximate surface area is 153 Å². The molecule has 0 saturated carbocycles. The summed E-state index contributed by atoms with van der Waals surface area (Å²) in [5.74, 6) is -0.371. The second-order valence-electron chi connectivity index (χ2n) is 6.31. The van der Waals surface area contributed by atoms with Gasteiger partial charge >= 0.3 is 12.1 Å².